The Hall–Kier alpha value is -2.15. The summed E-state index contributed by atoms with van der Waals surface area (Å²) in [6.45, 7) is 6.02. The lowest BCUT2D eigenvalue weighted by Gasteiger charge is -2.20. The number of fused-ring (bicyclic) bond motifs is 1. The molecular weight excluding hydrogens is 320 g/mol. The van der Waals surface area contributed by atoms with Gasteiger partial charge in [0, 0.05) is 42.9 Å². The quantitative estimate of drug-likeness (QED) is 0.912. The fraction of sp³-hybridized carbons (Fsp3) is 0.611. The second kappa shape index (κ2) is 6.29. The number of ether oxygens (including phenoxy) is 1. The van der Waals surface area contributed by atoms with Gasteiger partial charge in [0.2, 0.25) is 0 Å². The zero-order valence-electron chi connectivity index (χ0n) is 14.7. The molecule has 25 heavy (non-hydrogen) atoms. The van der Waals surface area contributed by atoms with Crippen LogP contribution in [0.4, 0.5) is 0 Å². The van der Waals surface area contributed by atoms with Crippen molar-refractivity contribution in [3.05, 3.63) is 33.4 Å². The van der Waals surface area contributed by atoms with Gasteiger partial charge in [-0.15, -0.1) is 0 Å². The van der Waals surface area contributed by atoms with E-state index in [4.69, 9.17) is 9.72 Å². The van der Waals surface area contributed by atoms with E-state index in [1.54, 1.807) is 6.07 Å². The third-order valence-corrected chi connectivity index (χ3v) is 5.42. The average molecular weight is 344 g/mol. The molecular formula is C18H24N4O3. The van der Waals surface area contributed by atoms with Crippen molar-refractivity contribution < 1.29 is 9.53 Å². The van der Waals surface area contributed by atoms with Gasteiger partial charge in [0.1, 0.15) is 6.10 Å². The second-order valence-corrected chi connectivity index (χ2v) is 7.02. The molecule has 1 amide bonds. The maximum atomic E-state index is 12.5. The van der Waals surface area contributed by atoms with Crippen LogP contribution in [0, 0.1) is 6.92 Å². The van der Waals surface area contributed by atoms with E-state index >= 15 is 0 Å². The van der Waals surface area contributed by atoms with Gasteiger partial charge in [-0.1, -0.05) is 6.92 Å². The standard InChI is InChI=1S/C18H24N4O3/c1-3-13-11(2)20-22-16(23)9-14(19-17(13)22)12-6-7-21(10-12)18(24)15-5-4-8-25-15/h9,12,15,20H,3-8,10H2,1-2H3. The molecule has 134 valence electrons. The molecule has 4 rings (SSSR count). The summed E-state index contributed by atoms with van der Waals surface area (Å²) in [5, 5.41) is 3.09. The first-order chi connectivity index (χ1) is 12.1. The van der Waals surface area contributed by atoms with Crippen LogP contribution in [-0.4, -0.2) is 51.2 Å². The number of amides is 1. The molecule has 7 nitrogen and oxygen atoms in total. The van der Waals surface area contributed by atoms with Crippen LogP contribution < -0.4 is 5.56 Å². The lowest BCUT2D eigenvalue weighted by molar-refractivity contribution is -0.139. The Kier molecular flexibility index (Phi) is 4.11. The van der Waals surface area contributed by atoms with Crippen LogP contribution in [0.1, 0.15) is 49.1 Å². The highest BCUT2D eigenvalue weighted by Crippen LogP contribution is 2.28. The number of rotatable bonds is 3. The van der Waals surface area contributed by atoms with Crippen molar-refractivity contribution in [1.29, 1.82) is 0 Å². The highest BCUT2D eigenvalue weighted by atomic mass is 16.5. The zero-order chi connectivity index (χ0) is 17.6. The minimum atomic E-state index is -0.279. The van der Waals surface area contributed by atoms with E-state index in [9.17, 15) is 9.59 Å². The molecule has 2 saturated heterocycles. The predicted molar refractivity (Wildman–Crippen MR) is 92.8 cm³/mol. The van der Waals surface area contributed by atoms with Crippen molar-refractivity contribution in [2.75, 3.05) is 19.7 Å². The van der Waals surface area contributed by atoms with Crippen LogP contribution in [0.5, 0.6) is 0 Å². The van der Waals surface area contributed by atoms with Crippen LogP contribution in [-0.2, 0) is 16.0 Å². The van der Waals surface area contributed by atoms with Crippen molar-refractivity contribution in [3.8, 4) is 0 Å². The van der Waals surface area contributed by atoms with Crippen molar-refractivity contribution in [3.63, 3.8) is 0 Å². The summed E-state index contributed by atoms with van der Waals surface area (Å²) >= 11 is 0. The number of hydrogen-bond acceptors (Lipinski definition) is 4. The number of likely N-dealkylation sites (tertiary alicyclic amines) is 1. The molecule has 0 saturated carbocycles. The van der Waals surface area contributed by atoms with Gasteiger partial charge >= 0.3 is 0 Å². The van der Waals surface area contributed by atoms with E-state index in [2.05, 4.69) is 12.0 Å². The number of nitrogens with one attached hydrogen (secondary N) is 1. The van der Waals surface area contributed by atoms with Crippen LogP contribution >= 0.6 is 0 Å². The van der Waals surface area contributed by atoms with Gasteiger partial charge in [0.05, 0.1) is 5.69 Å². The van der Waals surface area contributed by atoms with Crippen LogP contribution in [0.3, 0.4) is 0 Å². The monoisotopic (exact) mass is 344 g/mol. The van der Waals surface area contributed by atoms with Gasteiger partial charge < -0.3 is 9.64 Å². The molecule has 1 N–H and O–H groups in total. The van der Waals surface area contributed by atoms with Gasteiger partial charge in [-0.3, -0.25) is 14.7 Å². The van der Waals surface area contributed by atoms with Crippen molar-refractivity contribution in [2.24, 2.45) is 0 Å². The molecule has 2 unspecified atom stereocenters. The van der Waals surface area contributed by atoms with Crippen molar-refractivity contribution >= 4 is 11.6 Å². The smallest absolute Gasteiger partial charge is 0.272 e. The number of aromatic amines is 1. The van der Waals surface area contributed by atoms with Crippen molar-refractivity contribution in [1.82, 2.24) is 19.5 Å². The summed E-state index contributed by atoms with van der Waals surface area (Å²) < 4.78 is 7.03. The summed E-state index contributed by atoms with van der Waals surface area (Å²) in [4.78, 5) is 31.6. The Morgan fingerprint density at radius 2 is 2.28 bits per heavy atom. The number of H-pyrrole nitrogens is 1. The molecule has 2 fully saturated rings. The first-order valence-corrected chi connectivity index (χ1v) is 9.10. The molecule has 2 aliphatic heterocycles. The lowest BCUT2D eigenvalue weighted by Crippen LogP contribution is -2.37. The number of aromatic nitrogens is 3. The molecule has 2 atom stereocenters. The largest absolute Gasteiger partial charge is 0.368 e. The third-order valence-electron chi connectivity index (χ3n) is 5.42. The van der Waals surface area contributed by atoms with E-state index in [-0.39, 0.29) is 23.5 Å². The van der Waals surface area contributed by atoms with Crippen LogP contribution in [0.25, 0.3) is 5.65 Å². The molecule has 0 spiro atoms. The Labute approximate surface area is 146 Å². The molecule has 0 aromatic carbocycles. The third kappa shape index (κ3) is 2.76. The fourth-order valence-electron chi connectivity index (χ4n) is 4.02. The van der Waals surface area contributed by atoms with E-state index in [0.29, 0.717) is 25.3 Å². The van der Waals surface area contributed by atoms with Gasteiger partial charge in [-0.2, -0.15) is 0 Å². The molecule has 2 aromatic heterocycles. The fourth-order valence-corrected chi connectivity index (χ4v) is 4.02. The molecule has 2 aromatic rings. The lowest BCUT2D eigenvalue weighted by atomic mass is 10.0. The average Bonchev–Trinajstić information content (AvgIpc) is 3.33. The van der Waals surface area contributed by atoms with E-state index in [1.807, 2.05) is 11.8 Å². The molecule has 4 heterocycles. The summed E-state index contributed by atoms with van der Waals surface area (Å²) in [5.74, 6) is 0.201. The normalized spacial score (nSPS) is 23.7. The van der Waals surface area contributed by atoms with Crippen molar-refractivity contribution in [2.45, 2.75) is 51.6 Å². The molecule has 0 bridgehead atoms. The first-order valence-electron chi connectivity index (χ1n) is 9.10. The first kappa shape index (κ1) is 16.3. The molecule has 0 radical (unpaired) electrons. The predicted octanol–water partition coefficient (Wildman–Crippen LogP) is 1.39. The Morgan fingerprint density at radius 3 is 3.00 bits per heavy atom. The molecule has 7 heteroatoms. The number of carbonyl (C=O) groups excluding carboxylic acids is 1. The highest BCUT2D eigenvalue weighted by Gasteiger charge is 2.34. The van der Waals surface area contributed by atoms with Crippen LogP contribution in [0.2, 0.25) is 0 Å². The summed E-state index contributed by atoms with van der Waals surface area (Å²) in [7, 11) is 0. The molecule has 2 aliphatic rings. The number of nitrogens with zero attached hydrogens (tertiary/aromatic N) is 3. The van der Waals surface area contributed by atoms with E-state index in [0.717, 1.165) is 42.6 Å². The Balaban J connectivity index is 1.60. The van der Waals surface area contributed by atoms with E-state index < -0.39 is 0 Å². The minimum absolute atomic E-state index is 0.0875. The number of carbonyl (C=O) groups is 1. The minimum Gasteiger partial charge on any atom is -0.368 e. The number of hydrogen-bond donors (Lipinski definition) is 1. The van der Waals surface area contributed by atoms with Gasteiger partial charge in [0.15, 0.2) is 5.65 Å². The summed E-state index contributed by atoms with van der Waals surface area (Å²) in [5.41, 5.74) is 3.47. The van der Waals surface area contributed by atoms with Crippen LogP contribution in [0.15, 0.2) is 10.9 Å². The second-order valence-electron chi connectivity index (χ2n) is 7.02. The summed E-state index contributed by atoms with van der Waals surface area (Å²) in [6, 6.07) is 1.60. The Bertz CT molecular complexity index is 863. The topological polar surface area (TPSA) is 79.7 Å². The summed E-state index contributed by atoms with van der Waals surface area (Å²) in [6.07, 6.45) is 3.15. The SMILES string of the molecule is CCc1c(C)[nH]n2c(=O)cc(C3CCN(C(=O)C4CCCO4)C3)nc12. The maximum absolute atomic E-state index is 12.5. The maximum Gasteiger partial charge on any atom is 0.272 e. The highest BCUT2D eigenvalue weighted by molar-refractivity contribution is 5.81. The van der Waals surface area contributed by atoms with Gasteiger partial charge in [-0.25, -0.2) is 9.50 Å². The number of aryl methyl sites for hydroxylation is 2. The zero-order valence-corrected chi connectivity index (χ0v) is 14.7. The molecule has 0 aliphatic carbocycles. The van der Waals surface area contributed by atoms with Gasteiger partial charge in [0.25, 0.3) is 11.5 Å². The Morgan fingerprint density at radius 1 is 1.44 bits per heavy atom. The van der Waals surface area contributed by atoms with E-state index in [1.165, 1.54) is 4.52 Å². The van der Waals surface area contributed by atoms with Gasteiger partial charge in [-0.05, 0) is 32.6 Å².